The van der Waals surface area contributed by atoms with Crippen molar-refractivity contribution in [2.24, 2.45) is 4.99 Å². The standard InChI is InChI=1S/C32H35ClFN5O3/c1-7-27(42)37-14-15-38(21(5)17-37)31(35-6)23-16-25(34)29(28-24(33)12-9-13-26(28)41)36-32(23)39(18-40)30-20(4)10-8-11-22(30)19(2)3/h7-13,16,18-19,21,41H,1,14-15,17H2,2-6H3/b35-31+. The van der Waals surface area contributed by atoms with Crippen LogP contribution in [0, 0.1) is 12.7 Å². The third kappa shape index (κ3) is 5.74. The molecular weight excluding hydrogens is 557 g/mol. The van der Waals surface area contributed by atoms with Crippen molar-refractivity contribution in [1.29, 1.82) is 0 Å². The minimum Gasteiger partial charge on any atom is -0.507 e. The lowest BCUT2D eigenvalue weighted by molar-refractivity contribution is -0.128. The Hall–Kier alpha value is -4.24. The number of hydrogen-bond donors (Lipinski definition) is 1. The van der Waals surface area contributed by atoms with E-state index in [9.17, 15) is 14.7 Å². The Bertz CT molecular complexity index is 1540. The SMILES string of the molecule is C=CC(=O)N1CCN(/C(=N/C)c2cc(F)c(-c3c(O)cccc3Cl)nc2N(C=O)c2c(C)cccc2C(C)C)C(C)C1. The van der Waals surface area contributed by atoms with E-state index in [1.54, 1.807) is 18.0 Å². The fourth-order valence-electron chi connectivity index (χ4n) is 5.44. The largest absolute Gasteiger partial charge is 0.507 e. The number of amides is 2. The maximum atomic E-state index is 16.0. The number of phenolic OH excluding ortho intramolecular Hbond substituents is 1. The molecule has 3 aromatic rings. The highest BCUT2D eigenvalue weighted by Gasteiger charge is 2.33. The first-order valence-corrected chi connectivity index (χ1v) is 14.1. The van der Waals surface area contributed by atoms with Crippen molar-refractivity contribution in [3.8, 4) is 17.0 Å². The zero-order valence-corrected chi connectivity index (χ0v) is 25.2. The van der Waals surface area contributed by atoms with E-state index < -0.39 is 5.82 Å². The van der Waals surface area contributed by atoms with Gasteiger partial charge in [-0.25, -0.2) is 9.37 Å². The lowest BCUT2D eigenvalue weighted by atomic mass is 9.97. The Kier molecular flexibility index (Phi) is 9.31. The lowest BCUT2D eigenvalue weighted by Gasteiger charge is -2.41. The molecule has 4 rings (SSSR count). The van der Waals surface area contributed by atoms with Crippen LogP contribution in [0.4, 0.5) is 15.9 Å². The van der Waals surface area contributed by atoms with Gasteiger partial charge >= 0.3 is 0 Å². The second-order valence-electron chi connectivity index (χ2n) is 10.5. The van der Waals surface area contributed by atoms with E-state index in [1.165, 1.54) is 29.2 Å². The number of carbonyl (C=O) groups is 2. The summed E-state index contributed by atoms with van der Waals surface area (Å²) >= 11 is 6.41. The summed E-state index contributed by atoms with van der Waals surface area (Å²) < 4.78 is 16.0. The van der Waals surface area contributed by atoms with Gasteiger partial charge in [0.15, 0.2) is 11.6 Å². The molecule has 10 heteroatoms. The van der Waals surface area contributed by atoms with Gasteiger partial charge in [-0.05, 0) is 55.2 Å². The van der Waals surface area contributed by atoms with Crippen molar-refractivity contribution >= 4 is 41.3 Å². The van der Waals surface area contributed by atoms with Crippen LogP contribution in [0.25, 0.3) is 11.3 Å². The number of nitrogens with zero attached hydrogens (tertiary/aromatic N) is 5. The molecule has 220 valence electrons. The van der Waals surface area contributed by atoms with E-state index >= 15 is 4.39 Å². The molecule has 2 heterocycles. The van der Waals surface area contributed by atoms with Gasteiger partial charge in [0.05, 0.1) is 21.8 Å². The number of anilines is 2. The van der Waals surface area contributed by atoms with Crippen molar-refractivity contribution < 1.29 is 19.1 Å². The molecule has 8 nitrogen and oxygen atoms in total. The van der Waals surface area contributed by atoms with Crippen LogP contribution in [0.1, 0.15) is 43.4 Å². The molecule has 0 radical (unpaired) electrons. The highest BCUT2D eigenvalue weighted by atomic mass is 35.5. The summed E-state index contributed by atoms with van der Waals surface area (Å²) in [6.45, 7) is 12.7. The molecule has 1 unspecified atom stereocenters. The van der Waals surface area contributed by atoms with Gasteiger partial charge in [0.25, 0.3) is 0 Å². The number of phenols is 1. The number of carbonyl (C=O) groups excluding carboxylic acids is 2. The summed E-state index contributed by atoms with van der Waals surface area (Å²) in [4.78, 5) is 39.6. The molecule has 2 amide bonds. The van der Waals surface area contributed by atoms with Gasteiger partial charge in [-0.15, -0.1) is 0 Å². The maximum absolute atomic E-state index is 16.0. The minimum absolute atomic E-state index is 0.0177. The van der Waals surface area contributed by atoms with Crippen LogP contribution in [0.15, 0.2) is 60.1 Å². The van der Waals surface area contributed by atoms with Gasteiger partial charge in [0.2, 0.25) is 12.3 Å². The number of para-hydroxylation sites is 1. The number of aliphatic imine (C=N–C) groups is 1. The molecule has 0 bridgehead atoms. The Balaban J connectivity index is 1.98. The summed E-state index contributed by atoms with van der Waals surface area (Å²) in [5.41, 5.74) is 2.46. The smallest absolute Gasteiger partial charge is 0.246 e. The lowest BCUT2D eigenvalue weighted by Crippen LogP contribution is -2.55. The quantitative estimate of drug-likeness (QED) is 0.156. The van der Waals surface area contributed by atoms with Crippen molar-refractivity contribution in [2.45, 2.75) is 39.7 Å². The van der Waals surface area contributed by atoms with Gasteiger partial charge in [-0.1, -0.05) is 56.3 Å². The Morgan fingerprint density at radius 2 is 1.98 bits per heavy atom. The maximum Gasteiger partial charge on any atom is 0.246 e. The molecule has 1 atom stereocenters. The zero-order valence-electron chi connectivity index (χ0n) is 24.4. The summed E-state index contributed by atoms with van der Waals surface area (Å²) in [5.74, 6) is -0.545. The Labute approximate surface area is 250 Å². The first-order chi connectivity index (χ1) is 20.0. The number of rotatable bonds is 7. The van der Waals surface area contributed by atoms with Gasteiger partial charge in [-0.3, -0.25) is 19.5 Å². The van der Waals surface area contributed by atoms with E-state index in [1.807, 2.05) is 50.8 Å². The molecule has 1 saturated heterocycles. The summed E-state index contributed by atoms with van der Waals surface area (Å²) in [5, 5.41) is 10.8. The molecule has 0 aliphatic carbocycles. The van der Waals surface area contributed by atoms with Crippen LogP contribution < -0.4 is 4.90 Å². The Morgan fingerprint density at radius 3 is 2.57 bits per heavy atom. The first kappa shape index (κ1) is 30.7. The van der Waals surface area contributed by atoms with Crippen LogP contribution in [0.3, 0.4) is 0 Å². The molecule has 0 saturated carbocycles. The minimum atomic E-state index is -0.744. The average Bonchev–Trinajstić information content (AvgIpc) is 2.96. The van der Waals surface area contributed by atoms with Crippen molar-refractivity contribution in [3.05, 3.63) is 82.6 Å². The van der Waals surface area contributed by atoms with Gasteiger partial charge in [0, 0.05) is 32.7 Å². The highest BCUT2D eigenvalue weighted by molar-refractivity contribution is 6.33. The van der Waals surface area contributed by atoms with E-state index in [0.717, 1.165) is 11.1 Å². The van der Waals surface area contributed by atoms with Gasteiger partial charge < -0.3 is 14.9 Å². The summed E-state index contributed by atoms with van der Waals surface area (Å²) in [6.07, 6.45) is 1.94. The van der Waals surface area contributed by atoms with E-state index in [2.05, 4.69) is 16.6 Å². The van der Waals surface area contributed by atoms with Crippen LogP contribution >= 0.6 is 11.6 Å². The zero-order chi connectivity index (χ0) is 30.7. The predicted molar refractivity (Wildman–Crippen MR) is 165 cm³/mol. The molecule has 1 aromatic heterocycles. The molecule has 1 N–H and O–H groups in total. The normalized spacial score (nSPS) is 15.6. The van der Waals surface area contributed by atoms with Crippen molar-refractivity contribution in [2.75, 3.05) is 31.6 Å². The van der Waals surface area contributed by atoms with Crippen LogP contribution in [-0.4, -0.2) is 70.8 Å². The number of halogens is 2. The molecule has 42 heavy (non-hydrogen) atoms. The number of amidine groups is 1. The fraction of sp³-hybridized carbons (Fsp3) is 0.312. The number of aromatic nitrogens is 1. The Morgan fingerprint density at radius 1 is 1.26 bits per heavy atom. The summed E-state index contributed by atoms with van der Waals surface area (Å²) in [6, 6.07) is 11.3. The van der Waals surface area contributed by atoms with Crippen molar-refractivity contribution in [3.63, 3.8) is 0 Å². The highest BCUT2D eigenvalue weighted by Crippen LogP contribution is 2.41. The van der Waals surface area contributed by atoms with Gasteiger partial charge in [-0.2, -0.15) is 0 Å². The number of aryl methyl sites for hydroxylation is 1. The number of aromatic hydroxyl groups is 1. The fourth-order valence-corrected chi connectivity index (χ4v) is 5.70. The van der Waals surface area contributed by atoms with Crippen LogP contribution in [0.2, 0.25) is 5.02 Å². The number of piperazine rings is 1. The van der Waals surface area contributed by atoms with Crippen LogP contribution in [0.5, 0.6) is 5.75 Å². The molecule has 0 spiro atoms. The third-order valence-electron chi connectivity index (χ3n) is 7.49. The van der Waals surface area contributed by atoms with E-state index in [0.29, 0.717) is 37.6 Å². The van der Waals surface area contributed by atoms with E-state index in [4.69, 9.17) is 11.6 Å². The number of hydrogen-bond acceptors (Lipinski definition) is 5. The van der Waals surface area contributed by atoms with Crippen molar-refractivity contribution in [1.82, 2.24) is 14.8 Å². The second-order valence-corrected chi connectivity index (χ2v) is 11.0. The topological polar surface area (TPSA) is 89.3 Å². The third-order valence-corrected chi connectivity index (χ3v) is 7.80. The first-order valence-electron chi connectivity index (χ1n) is 13.7. The molecular formula is C32H35ClFN5O3. The predicted octanol–water partition coefficient (Wildman–Crippen LogP) is 6.07. The summed E-state index contributed by atoms with van der Waals surface area (Å²) in [7, 11) is 1.59. The molecule has 2 aromatic carbocycles. The molecule has 1 fully saturated rings. The van der Waals surface area contributed by atoms with Crippen LogP contribution in [-0.2, 0) is 9.59 Å². The number of benzene rings is 2. The number of pyridine rings is 1. The average molecular weight is 592 g/mol. The molecule has 1 aliphatic rings. The monoisotopic (exact) mass is 591 g/mol. The van der Waals surface area contributed by atoms with E-state index in [-0.39, 0.29) is 51.3 Å². The second kappa shape index (κ2) is 12.7. The van der Waals surface area contributed by atoms with Gasteiger partial charge in [0.1, 0.15) is 17.3 Å². The molecule has 1 aliphatic heterocycles.